The zero-order valence-corrected chi connectivity index (χ0v) is 11.8. The van der Waals surface area contributed by atoms with Crippen LogP contribution < -0.4 is 5.32 Å². The molecule has 3 rings (SSSR count). The molecular weight excluding hydrogens is 220 g/mol. The molecule has 1 aliphatic carbocycles. The van der Waals surface area contributed by atoms with E-state index in [1.807, 2.05) is 0 Å². The third kappa shape index (κ3) is 1.74. The van der Waals surface area contributed by atoms with E-state index < -0.39 is 0 Å². The first-order valence-corrected chi connectivity index (χ1v) is 7.26. The van der Waals surface area contributed by atoms with Crippen molar-refractivity contribution in [2.24, 2.45) is 0 Å². The van der Waals surface area contributed by atoms with Crippen LogP contribution in [0.25, 0.3) is 5.57 Å². The first-order valence-electron chi connectivity index (χ1n) is 7.26. The SMILES string of the molecule is CCCc1cc2c3n1CCNCC3=CCC2(C)C. The molecule has 1 N–H and O–H groups in total. The van der Waals surface area contributed by atoms with E-state index >= 15 is 0 Å². The average molecular weight is 244 g/mol. The molecule has 1 aromatic heterocycles. The van der Waals surface area contributed by atoms with Gasteiger partial charge < -0.3 is 9.88 Å². The molecule has 2 nitrogen and oxygen atoms in total. The van der Waals surface area contributed by atoms with E-state index in [1.54, 1.807) is 5.56 Å². The average Bonchev–Trinajstić information content (AvgIpc) is 2.56. The number of allylic oxidation sites excluding steroid dienone is 1. The third-order valence-electron chi connectivity index (χ3n) is 4.41. The Bertz CT molecular complexity index is 491. The summed E-state index contributed by atoms with van der Waals surface area (Å²) < 4.78 is 2.57. The Hall–Kier alpha value is -1.02. The van der Waals surface area contributed by atoms with Gasteiger partial charge in [-0.25, -0.2) is 0 Å². The van der Waals surface area contributed by atoms with Gasteiger partial charge >= 0.3 is 0 Å². The number of nitrogens with zero attached hydrogens (tertiary/aromatic N) is 1. The Morgan fingerprint density at radius 3 is 3.00 bits per heavy atom. The summed E-state index contributed by atoms with van der Waals surface area (Å²) in [5, 5.41) is 3.55. The van der Waals surface area contributed by atoms with E-state index in [9.17, 15) is 0 Å². The van der Waals surface area contributed by atoms with Gasteiger partial charge in [0.15, 0.2) is 0 Å². The first-order chi connectivity index (χ1) is 8.63. The van der Waals surface area contributed by atoms with Crippen molar-refractivity contribution in [2.45, 2.75) is 52.0 Å². The number of hydrogen-bond acceptors (Lipinski definition) is 1. The molecule has 0 amide bonds. The minimum absolute atomic E-state index is 0.302. The molecule has 0 bridgehead atoms. The van der Waals surface area contributed by atoms with E-state index in [0.29, 0.717) is 5.41 Å². The smallest absolute Gasteiger partial charge is 0.0489 e. The Labute approximate surface area is 110 Å². The van der Waals surface area contributed by atoms with Crippen LogP contribution in [0.4, 0.5) is 0 Å². The molecule has 18 heavy (non-hydrogen) atoms. The summed E-state index contributed by atoms with van der Waals surface area (Å²) in [6, 6.07) is 2.48. The Kier molecular flexibility index (Phi) is 2.86. The van der Waals surface area contributed by atoms with Gasteiger partial charge in [-0.1, -0.05) is 33.3 Å². The van der Waals surface area contributed by atoms with Crippen molar-refractivity contribution in [1.29, 1.82) is 0 Å². The van der Waals surface area contributed by atoms with Gasteiger partial charge in [0.25, 0.3) is 0 Å². The Morgan fingerprint density at radius 1 is 1.39 bits per heavy atom. The van der Waals surface area contributed by atoms with E-state index in [-0.39, 0.29) is 0 Å². The molecule has 1 aliphatic heterocycles. The van der Waals surface area contributed by atoms with Crippen LogP contribution in [0.1, 0.15) is 50.6 Å². The highest BCUT2D eigenvalue weighted by Gasteiger charge is 2.32. The normalized spacial score (nSPS) is 21.2. The molecule has 0 fully saturated rings. The van der Waals surface area contributed by atoms with Crippen LogP contribution in [0.3, 0.4) is 0 Å². The number of aryl methyl sites for hydroxylation is 1. The lowest BCUT2D eigenvalue weighted by atomic mass is 9.76. The van der Waals surface area contributed by atoms with E-state index in [4.69, 9.17) is 0 Å². The lowest BCUT2D eigenvalue weighted by Gasteiger charge is -2.29. The maximum atomic E-state index is 3.55. The molecule has 2 aliphatic rings. The van der Waals surface area contributed by atoms with Crippen LogP contribution in [0.15, 0.2) is 12.1 Å². The molecule has 1 aromatic rings. The summed E-state index contributed by atoms with van der Waals surface area (Å²) in [4.78, 5) is 0. The van der Waals surface area contributed by atoms with Crippen LogP contribution in [0, 0.1) is 0 Å². The monoisotopic (exact) mass is 244 g/mol. The van der Waals surface area contributed by atoms with Gasteiger partial charge in [-0.15, -0.1) is 0 Å². The second-order valence-corrected chi connectivity index (χ2v) is 6.29. The molecule has 0 atom stereocenters. The van der Waals surface area contributed by atoms with E-state index in [2.05, 4.69) is 42.8 Å². The van der Waals surface area contributed by atoms with Crippen LogP contribution >= 0.6 is 0 Å². The topological polar surface area (TPSA) is 17.0 Å². The minimum atomic E-state index is 0.302. The number of rotatable bonds is 2. The van der Waals surface area contributed by atoms with Gasteiger partial charge in [0.1, 0.15) is 0 Å². The second-order valence-electron chi connectivity index (χ2n) is 6.29. The van der Waals surface area contributed by atoms with Crippen molar-refractivity contribution >= 4 is 5.57 Å². The van der Waals surface area contributed by atoms with Gasteiger partial charge in [-0.3, -0.25) is 0 Å². The number of nitrogens with one attached hydrogen (secondary N) is 1. The fourth-order valence-corrected chi connectivity index (χ4v) is 3.34. The fraction of sp³-hybridized carbons (Fsp3) is 0.625. The summed E-state index contributed by atoms with van der Waals surface area (Å²) in [6.45, 7) is 10.3. The van der Waals surface area contributed by atoms with Crippen LogP contribution in [0.5, 0.6) is 0 Å². The van der Waals surface area contributed by atoms with Crippen molar-refractivity contribution in [3.8, 4) is 0 Å². The molecule has 0 spiro atoms. The minimum Gasteiger partial charge on any atom is -0.343 e. The lowest BCUT2D eigenvalue weighted by molar-refractivity contribution is 0.523. The first kappa shape index (κ1) is 12.0. The zero-order valence-electron chi connectivity index (χ0n) is 11.8. The van der Waals surface area contributed by atoms with Crippen molar-refractivity contribution in [2.75, 3.05) is 13.1 Å². The van der Waals surface area contributed by atoms with E-state index in [1.165, 1.54) is 36.2 Å². The van der Waals surface area contributed by atoms with Gasteiger partial charge in [0, 0.05) is 31.0 Å². The highest BCUT2D eigenvalue weighted by molar-refractivity contribution is 5.72. The summed E-state index contributed by atoms with van der Waals surface area (Å²) in [5.41, 5.74) is 6.46. The largest absolute Gasteiger partial charge is 0.343 e. The fourth-order valence-electron chi connectivity index (χ4n) is 3.34. The summed E-state index contributed by atoms with van der Waals surface area (Å²) in [7, 11) is 0. The van der Waals surface area contributed by atoms with Gasteiger partial charge in [0.2, 0.25) is 0 Å². The Balaban J connectivity index is 2.19. The molecule has 0 saturated carbocycles. The molecule has 2 heteroatoms. The van der Waals surface area contributed by atoms with Gasteiger partial charge in [-0.2, -0.15) is 0 Å². The van der Waals surface area contributed by atoms with Crippen molar-refractivity contribution in [1.82, 2.24) is 9.88 Å². The van der Waals surface area contributed by atoms with Crippen molar-refractivity contribution < 1.29 is 0 Å². The molecular formula is C16H24N2. The third-order valence-corrected chi connectivity index (χ3v) is 4.41. The molecule has 0 saturated heterocycles. The summed E-state index contributed by atoms with van der Waals surface area (Å²) in [5.74, 6) is 0. The predicted molar refractivity (Wildman–Crippen MR) is 76.9 cm³/mol. The predicted octanol–water partition coefficient (Wildman–Crippen LogP) is 3.11. The maximum absolute atomic E-state index is 3.55. The van der Waals surface area contributed by atoms with Gasteiger partial charge in [0.05, 0.1) is 0 Å². The van der Waals surface area contributed by atoms with Crippen LogP contribution in [-0.4, -0.2) is 17.7 Å². The molecule has 98 valence electrons. The van der Waals surface area contributed by atoms with Crippen LogP contribution in [-0.2, 0) is 18.4 Å². The van der Waals surface area contributed by atoms with E-state index in [0.717, 1.165) is 19.6 Å². The lowest BCUT2D eigenvalue weighted by Crippen LogP contribution is -2.23. The Morgan fingerprint density at radius 2 is 2.22 bits per heavy atom. The number of hydrogen-bond donors (Lipinski definition) is 1. The molecule has 2 heterocycles. The summed E-state index contributed by atoms with van der Waals surface area (Å²) >= 11 is 0. The number of aromatic nitrogens is 1. The summed E-state index contributed by atoms with van der Waals surface area (Å²) in [6.07, 6.45) is 6.06. The maximum Gasteiger partial charge on any atom is 0.0489 e. The zero-order chi connectivity index (χ0) is 12.8. The molecule has 0 unspecified atom stereocenters. The molecule has 0 radical (unpaired) electrons. The van der Waals surface area contributed by atoms with Crippen molar-refractivity contribution in [3.63, 3.8) is 0 Å². The van der Waals surface area contributed by atoms with Crippen molar-refractivity contribution in [3.05, 3.63) is 29.1 Å². The van der Waals surface area contributed by atoms with Gasteiger partial charge in [-0.05, 0) is 35.5 Å². The standard InChI is InChI=1S/C16H24N2/c1-4-5-13-10-14-15-12(6-7-16(14,2)3)11-17-8-9-18(13)15/h6,10,17H,4-5,7-9,11H2,1-3H3. The highest BCUT2D eigenvalue weighted by atomic mass is 15.1. The highest BCUT2D eigenvalue weighted by Crippen LogP contribution is 2.41. The molecule has 0 aromatic carbocycles. The van der Waals surface area contributed by atoms with Crippen LogP contribution in [0.2, 0.25) is 0 Å². The quantitative estimate of drug-likeness (QED) is 0.846. The second kappa shape index (κ2) is 4.27.